The third-order valence-electron chi connectivity index (χ3n) is 7.54. The second-order valence-corrected chi connectivity index (χ2v) is 8.15. The predicted molar refractivity (Wildman–Crippen MR) is 83.6 cm³/mol. The molecule has 116 valence electrons. The van der Waals surface area contributed by atoms with Crippen LogP contribution in [0.3, 0.4) is 0 Å². The molecular formula is C19H28O2. The highest BCUT2D eigenvalue weighted by atomic mass is 16.3. The van der Waals surface area contributed by atoms with Crippen molar-refractivity contribution >= 4 is 0 Å². The third kappa shape index (κ3) is 1.72. The molecule has 21 heavy (non-hydrogen) atoms. The Bertz CT molecular complexity index is 494. The highest BCUT2D eigenvalue weighted by Crippen LogP contribution is 2.63. The molecule has 0 spiro atoms. The van der Waals surface area contributed by atoms with Crippen LogP contribution < -0.4 is 0 Å². The van der Waals surface area contributed by atoms with Crippen LogP contribution in [-0.2, 0) is 0 Å². The zero-order chi connectivity index (χ0) is 14.7. The van der Waals surface area contributed by atoms with Gasteiger partial charge in [-0.2, -0.15) is 0 Å². The predicted octanol–water partition coefficient (Wildman–Crippen LogP) is 3.45. The van der Waals surface area contributed by atoms with Crippen LogP contribution in [0.1, 0.15) is 51.9 Å². The summed E-state index contributed by atoms with van der Waals surface area (Å²) in [6.07, 6.45) is 14.9. The number of allylic oxidation sites excluding steroid dienone is 3. The van der Waals surface area contributed by atoms with E-state index in [0.717, 1.165) is 32.1 Å². The normalized spacial score (nSPS) is 51.9. The van der Waals surface area contributed by atoms with Crippen LogP contribution in [0.25, 0.3) is 0 Å². The summed E-state index contributed by atoms with van der Waals surface area (Å²) >= 11 is 0. The zero-order valence-corrected chi connectivity index (χ0v) is 13.1. The molecule has 0 amide bonds. The van der Waals surface area contributed by atoms with E-state index in [9.17, 15) is 10.2 Å². The molecule has 2 nitrogen and oxygen atoms in total. The van der Waals surface area contributed by atoms with Gasteiger partial charge in [0.2, 0.25) is 0 Å². The summed E-state index contributed by atoms with van der Waals surface area (Å²) in [5, 5.41) is 20.7. The minimum absolute atomic E-state index is 0.0204. The van der Waals surface area contributed by atoms with Gasteiger partial charge < -0.3 is 10.2 Å². The largest absolute Gasteiger partial charge is 0.395 e. The van der Waals surface area contributed by atoms with Crippen molar-refractivity contribution in [2.24, 2.45) is 28.6 Å². The van der Waals surface area contributed by atoms with Crippen LogP contribution in [0, 0.1) is 28.6 Å². The molecule has 2 saturated carbocycles. The third-order valence-corrected chi connectivity index (χ3v) is 7.54. The van der Waals surface area contributed by atoms with E-state index in [-0.39, 0.29) is 16.9 Å². The molecule has 4 aliphatic rings. The molecule has 0 aromatic rings. The van der Waals surface area contributed by atoms with Gasteiger partial charge in [-0.3, -0.25) is 0 Å². The number of fused-ring (bicyclic) bond motifs is 5. The first-order chi connectivity index (χ1) is 10.1. The van der Waals surface area contributed by atoms with E-state index in [2.05, 4.69) is 25.2 Å². The van der Waals surface area contributed by atoms with Crippen LogP contribution in [0.2, 0.25) is 0 Å². The van der Waals surface area contributed by atoms with Crippen molar-refractivity contribution in [1.29, 1.82) is 0 Å². The fraction of sp³-hybridized carbons (Fsp3) is 0.789. The van der Waals surface area contributed by atoms with E-state index >= 15 is 0 Å². The van der Waals surface area contributed by atoms with Crippen molar-refractivity contribution < 1.29 is 10.2 Å². The molecule has 0 unspecified atom stereocenters. The smallest absolute Gasteiger partial charge is 0.0596 e. The van der Waals surface area contributed by atoms with Crippen molar-refractivity contribution in [3.05, 3.63) is 23.8 Å². The van der Waals surface area contributed by atoms with Gasteiger partial charge in [0.05, 0.1) is 12.7 Å². The van der Waals surface area contributed by atoms with E-state index in [0.29, 0.717) is 24.4 Å². The lowest BCUT2D eigenvalue weighted by molar-refractivity contribution is -0.0631. The summed E-state index contributed by atoms with van der Waals surface area (Å²) in [7, 11) is 0. The van der Waals surface area contributed by atoms with Crippen molar-refractivity contribution in [2.45, 2.75) is 58.0 Å². The van der Waals surface area contributed by atoms with Crippen LogP contribution in [-0.4, -0.2) is 22.9 Å². The Kier molecular flexibility index (Phi) is 3.14. The summed E-state index contributed by atoms with van der Waals surface area (Å²) in [5.74, 6) is 1.75. The molecule has 0 radical (unpaired) electrons. The summed E-state index contributed by atoms with van der Waals surface area (Å²) < 4.78 is 0. The van der Waals surface area contributed by atoms with Gasteiger partial charge in [0.1, 0.15) is 0 Å². The number of aliphatic hydroxyl groups is 2. The Morgan fingerprint density at radius 3 is 2.86 bits per heavy atom. The molecule has 4 aliphatic carbocycles. The lowest BCUT2D eigenvalue weighted by atomic mass is 9.49. The van der Waals surface area contributed by atoms with Crippen molar-refractivity contribution in [3.8, 4) is 0 Å². The molecule has 0 aliphatic heterocycles. The second-order valence-electron chi connectivity index (χ2n) is 8.15. The minimum Gasteiger partial charge on any atom is -0.395 e. The van der Waals surface area contributed by atoms with Gasteiger partial charge in [0.25, 0.3) is 0 Å². The molecule has 0 saturated heterocycles. The van der Waals surface area contributed by atoms with Crippen molar-refractivity contribution in [2.75, 3.05) is 6.61 Å². The standard InChI is InChI=1S/C19H28O2/c1-18-11-9-16-14(15(18)7-8-17(18)21)6-5-13-4-2-3-10-19(13,16)12-20/h4-6,14-17,20-21H,2-3,7-12H2,1H3/t14-,15-,16-,17-,18-,19+/m0/s1. The first-order valence-electron chi connectivity index (χ1n) is 8.79. The quantitative estimate of drug-likeness (QED) is 0.776. The zero-order valence-electron chi connectivity index (χ0n) is 13.1. The van der Waals surface area contributed by atoms with Crippen LogP contribution in [0.15, 0.2) is 23.8 Å². The van der Waals surface area contributed by atoms with Crippen LogP contribution in [0.4, 0.5) is 0 Å². The maximum Gasteiger partial charge on any atom is 0.0596 e. The Hall–Kier alpha value is -0.600. The Morgan fingerprint density at radius 2 is 2.05 bits per heavy atom. The number of hydrogen-bond acceptors (Lipinski definition) is 2. The van der Waals surface area contributed by atoms with Gasteiger partial charge in [-0.1, -0.05) is 25.2 Å². The average molecular weight is 288 g/mol. The van der Waals surface area contributed by atoms with Crippen LogP contribution in [0.5, 0.6) is 0 Å². The van der Waals surface area contributed by atoms with E-state index in [1.165, 1.54) is 18.4 Å². The lowest BCUT2D eigenvalue weighted by Gasteiger charge is -2.56. The highest BCUT2D eigenvalue weighted by Gasteiger charge is 2.58. The molecule has 2 heteroatoms. The topological polar surface area (TPSA) is 40.5 Å². The average Bonchev–Trinajstić information content (AvgIpc) is 2.82. The molecule has 0 heterocycles. The first kappa shape index (κ1) is 14.0. The number of aliphatic hydroxyl groups excluding tert-OH is 2. The molecule has 4 rings (SSSR count). The highest BCUT2D eigenvalue weighted by molar-refractivity contribution is 5.36. The molecule has 0 bridgehead atoms. The Morgan fingerprint density at radius 1 is 1.19 bits per heavy atom. The van der Waals surface area contributed by atoms with Gasteiger partial charge >= 0.3 is 0 Å². The molecule has 2 fully saturated rings. The summed E-state index contributed by atoms with van der Waals surface area (Å²) in [4.78, 5) is 0. The van der Waals surface area contributed by atoms with Crippen LogP contribution >= 0.6 is 0 Å². The van der Waals surface area contributed by atoms with Gasteiger partial charge in [0.15, 0.2) is 0 Å². The summed E-state index contributed by atoms with van der Waals surface area (Å²) in [6, 6.07) is 0. The lowest BCUT2D eigenvalue weighted by Crippen LogP contribution is -2.51. The fourth-order valence-electron chi connectivity index (χ4n) is 6.24. The minimum atomic E-state index is -0.120. The fourth-order valence-corrected chi connectivity index (χ4v) is 6.24. The first-order valence-corrected chi connectivity index (χ1v) is 8.79. The number of hydrogen-bond donors (Lipinski definition) is 2. The molecular weight excluding hydrogens is 260 g/mol. The SMILES string of the molecule is C[C@]12CC[C@H]3[C@@H](C=CC4=CCCC[C@@]43CO)[C@@H]1CC[C@@H]2O. The van der Waals surface area contributed by atoms with Crippen molar-refractivity contribution in [3.63, 3.8) is 0 Å². The molecule has 0 aromatic heterocycles. The van der Waals surface area contributed by atoms with Gasteiger partial charge in [-0.25, -0.2) is 0 Å². The van der Waals surface area contributed by atoms with Gasteiger partial charge in [-0.15, -0.1) is 0 Å². The van der Waals surface area contributed by atoms with Gasteiger partial charge in [-0.05, 0) is 73.7 Å². The van der Waals surface area contributed by atoms with Crippen molar-refractivity contribution in [1.82, 2.24) is 0 Å². The molecule has 6 atom stereocenters. The van der Waals surface area contributed by atoms with E-state index in [1.807, 2.05) is 0 Å². The summed E-state index contributed by atoms with van der Waals surface area (Å²) in [6.45, 7) is 2.60. The Balaban J connectivity index is 1.76. The summed E-state index contributed by atoms with van der Waals surface area (Å²) in [5.41, 5.74) is 1.53. The maximum absolute atomic E-state index is 10.4. The van der Waals surface area contributed by atoms with E-state index < -0.39 is 0 Å². The monoisotopic (exact) mass is 288 g/mol. The maximum atomic E-state index is 10.4. The second kappa shape index (κ2) is 4.70. The molecule has 0 aromatic carbocycles. The number of rotatable bonds is 1. The molecule has 2 N–H and O–H groups in total. The Labute approximate surface area is 127 Å². The van der Waals surface area contributed by atoms with Gasteiger partial charge in [0, 0.05) is 5.41 Å². The van der Waals surface area contributed by atoms with E-state index in [4.69, 9.17) is 0 Å². The van der Waals surface area contributed by atoms with E-state index in [1.54, 1.807) is 0 Å².